The topological polar surface area (TPSA) is 73.0 Å². The van der Waals surface area contributed by atoms with Gasteiger partial charge in [-0.15, -0.1) is 0 Å². The van der Waals surface area contributed by atoms with E-state index in [0.717, 1.165) is 22.7 Å². The van der Waals surface area contributed by atoms with Crippen LogP contribution in [-0.4, -0.2) is 34.0 Å². The maximum atomic E-state index is 12.9. The molecule has 0 aliphatic carbocycles. The summed E-state index contributed by atoms with van der Waals surface area (Å²) in [6.45, 7) is 0. The minimum atomic E-state index is -0.0690. The van der Waals surface area contributed by atoms with E-state index in [0.29, 0.717) is 22.5 Å². The molecule has 0 aliphatic heterocycles. The number of rotatable bonds is 8. The van der Waals surface area contributed by atoms with Crippen molar-refractivity contribution in [3.63, 3.8) is 0 Å². The number of carbonyl (C=O) groups is 1. The summed E-state index contributed by atoms with van der Waals surface area (Å²) in [5, 5.41) is 17.1. The molecule has 4 aromatic rings. The third-order valence-corrected chi connectivity index (χ3v) is 5.55. The maximum absolute atomic E-state index is 12.9. The van der Waals surface area contributed by atoms with Gasteiger partial charge in [0.1, 0.15) is 0 Å². The van der Waals surface area contributed by atoms with Crippen molar-refractivity contribution in [2.45, 2.75) is 0 Å². The van der Waals surface area contributed by atoms with Crippen LogP contribution in [-0.2, 0) is 0 Å². The Bertz CT molecular complexity index is 1250. The molecule has 0 aromatic heterocycles. The van der Waals surface area contributed by atoms with Gasteiger partial charge in [-0.05, 0) is 97.1 Å². The van der Waals surface area contributed by atoms with E-state index in [2.05, 4.69) is 20.5 Å². The highest BCUT2D eigenvalue weighted by Gasteiger charge is 2.09. The normalized spacial score (nSPS) is 11.2. The lowest BCUT2D eigenvalue weighted by Gasteiger charge is -2.11. The van der Waals surface area contributed by atoms with Gasteiger partial charge in [-0.1, -0.05) is 0 Å². The number of benzene rings is 4. The second-order valence-corrected chi connectivity index (χ2v) is 8.64. The molecule has 0 saturated carbocycles. The fourth-order valence-electron chi connectivity index (χ4n) is 3.39. The molecule has 180 valence electrons. The van der Waals surface area contributed by atoms with Crippen LogP contribution in [0, 0.1) is 0 Å². The van der Waals surface area contributed by atoms with Gasteiger partial charge in [0.25, 0.3) is 0 Å². The van der Waals surface area contributed by atoms with Crippen molar-refractivity contribution in [3.05, 3.63) is 108 Å². The van der Waals surface area contributed by atoms with E-state index >= 15 is 0 Å². The van der Waals surface area contributed by atoms with E-state index in [9.17, 15) is 4.79 Å². The Balaban J connectivity index is 1.38. The van der Waals surface area contributed by atoms with Gasteiger partial charge in [0.05, 0.1) is 22.7 Å². The second kappa shape index (κ2) is 11.2. The Morgan fingerprint density at radius 1 is 0.444 bits per heavy atom. The van der Waals surface area contributed by atoms with Crippen molar-refractivity contribution in [3.8, 4) is 0 Å². The standard InChI is InChI=1S/C29H28N6O/c1-34(2)27-17-13-25(14-18-27)32-30-23-9-5-21(6-10-23)29(36)22-7-11-24(12-8-22)31-33-26-15-19-28(20-16-26)35(3)4/h5-20H,1-4H3. The van der Waals surface area contributed by atoms with Crippen LogP contribution in [0.25, 0.3) is 0 Å². The summed E-state index contributed by atoms with van der Waals surface area (Å²) in [5.41, 5.74) is 6.26. The number of anilines is 2. The molecule has 4 aromatic carbocycles. The average Bonchev–Trinajstić information content (AvgIpc) is 2.91. The first-order valence-corrected chi connectivity index (χ1v) is 11.5. The van der Waals surface area contributed by atoms with Crippen molar-refractivity contribution < 1.29 is 4.79 Å². The van der Waals surface area contributed by atoms with Gasteiger partial charge in [0.15, 0.2) is 5.78 Å². The zero-order chi connectivity index (χ0) is 25.5. The molecule has 4 rings (SSSR count). The van der Waals surface area contributed by atoms with Crippen molar-refractivity contribution in [2.75, 3.05) is 38.0 Å². The Morgan fingerprint density at radius 2 is 0.694 bits per heavy atom. The molecule has 0 bridgehead atoms. The summed E-state index contributed by atoms with van der Waals surface area (Å²) in [7, 11) is 7.97. The summed E-state index contributed by atoms with van der Waals surface area (Å²) in [6, 6.07) is 29.8. The molecule has 0 saturated heterocycles. The highest BCUT2D eigenvalue weighted by atomic mass is 16.1. The minimum absolute atomic E-state index is 0.0690. The largest absolute Gasteiger partial charge is 0.378 e. The third kappa shape index (κ3) is 6.27. The van der Waals surface area contributed by atoms with E-state index in [4.69, 9.17) is 0 Å². The lowest BCUT2D eigenvalue weighted by atomic mass is 10.0. The number of hydrogen-bond donors (Lipinski definition) is 0. The zero-order valence-corrected chi connectivity index (χ0v) is 20.8. The summed E-state index contributed by atoms with van der Waals surface area (Å²) < 4.78 is 0. The highest BCUT2D eigenvalue weighted by Crippen LogP contribution is 2.24. The molecule has 0 N–H and O–H groups in total. The van der Waals surface area contributed by atoms with Gasteiger partial charge in [-0.3, -0.25) is 4.79 Å². The molecule has 7 nitrogen and oxygen atoms in total. The van der Waals surface area contributed by atoms with E-state index < -0.39 is 0 Å². The number of carbonyl (C=O) groups excluding carboxylic acids is 1. The zero-order valence-electron chi connectivity index (χ0n) is 20.8. The van der Waals surface area contributed by atoms with Gasteiger partial charge in [0.2, 0.25) is 0 Å². The predicted molar refractivity (Wildman–Crippen MR) is 146 cm³/mol. The lowest BCUT2D eigenvalue weighted by Crippen LogP contribution is -2.07. The lowest BCUT2D eigenvalue weighted by molar-refractivity contribution is 0.103. The summed E-state index contributed by atoms with van der Waals surface area (Å²) in [6.07, 6.45) is 0. The number of ketones is 1. The van der Waals surface area contributed by atoms with Gasteiger partial charge in [-0.25, -0.2) is 0 Å². The molecule has 0 heterocycles. The molecule has 0 spiro atoms. The number of nitrogens with zero attached hydrogens (tertiary/aromatic N) is 6. The van der Waals surface area contributed by atoms with Crippen LogP contribution < -0.4 is 9.80 Å². The molecule has 0 aliphatic rings. The monoisotopic (exact) mass is 476 g/mol. The first-order chi connectivity index (χ1) is 17.4. The third-order valence-electron chi connectivity index (χ3n) is 5.55. The highest BCUT2D eigenvalue weighted by molar-refractivity contribution is 6.09. The fourth-order valence-corrected chi connectivity index (χ4v) is 3.39. The molecule has 7 heteroatoms. The molecule has 0 unspecified atom stereocenters. The van der Waals surface area contributed by atoms with E-state index in [-0.39, 0.29) is 5.78 Å². The Hall–Kier alpha value is -4.65. The number of hydrogen-bond acceptors (Lipinski definition) is 7. The van der Waals surface area contributed by atoms with E-state index in [1.165, 1.54) is 0 Å². The van der Waals surface area contributed by atoms with E-state index in [1.54, 1.807) is 48.5 Å². The van der Waals surface area contributed by atoms with Crippen LogP contribution in [0.5, 0.6) is 0 Å². The summed E-state index contributed by atoms with van der Waals surface area (Å²) in [4.78, 5) is 16.9. The van der Waals surface area contributed by atoms with Crippen LogP contribution in [0.15, 0.2) is 118 Å². The smallest absolute Gasteiger partial charge is 0.193 e. The van der Waals surface area contributed by atoms with Crippen molar-refractivity contribution in [2.24, 2.45) is 20.5 Å². The van der Waals surface area contributed by atoms with Crippen molar-refractivity contribution in [1.82, 2.24) is 0 Å². The number of azo groups is 2. The Labute approximate surface area is 211 Å². The molecule has 0 fully saturated rings. The van der Waals surface area contributed by atoms with Crippen LogP contribution in [0.3, 0.4) is 0 Å². The summed E-state index contributed by atoms with van der Waals surface area (Å²) in [5.74, 6) is -0.0690. The SMILES string of the molecule is CN(C)c1ccc(N=Nc2ccc(C(=O)c3ccc(N=Nc4ccc(N(C)C)cc4)cc3)cc2)cc1. The van der Waals surface area contributed by atoms with Crippen molar-refractivity contribution in [1.29, 1.82) is 0 Å². The Morgan fingerprint density at radius 3 is 0.944 bits per heavy atom. The van der Waals surface area contributed by atoms with E-state index in [1.807, 2.05) is 86.5 Å². The van der Waals surface area contributed by atoms with Gasteiger partial charge in [0, 0.05) is 50.7 Å². The van der Waals surface area contributed by atoms with Gasteiger partial charge in [-0.2, -0.15) is 20.5 Å². The first-order valence-electron chi connectivity index (χ1n) is 11.5. The minimum Gasteiger partial charge on any atom is -0.378 e. The first kappa shape index (κ1) is 24.5. The molecule has 36 heavy (non-hydrogen) atoms. The fraction of sp³-hybridized carbons (Fsp3) is 0.138. The van der Waals surface area contributed by atoms with Gasteiger partial charge >= 0.3 is 0 Å². The molecule has 0 radical (unpaired) electrons. The molecule has 0 atom stereocenters. The average molecular weight is 477 g/mol. The maximum Gasteiger partial charge on any atom is 0.193 e. The second-order valence-electron chi connectivity index (χ2n) is 8.64. The molecular weight excluding hydrogens is 448 g/mol. The molecule has 0 amide bonds. The van der Waals surface area contributed by atoms with Gasteiger partial charge < -0.3 is 9.80 Å². The summed E-state index contributed by atoms with van der Waals surface area (Å²) >= 11 is 0. The van der Waals surface area contributed by atoms with Crippen LogP contribution in [0.1, 0.15) is 15.9 Å². The predicted octanol–water partition coefficient (Wildman–Crippen LogP) is 7.88. The molecular formula is C29H28N6O. The quantitative estimate of drug-likeness (QED) is 0.192. The van der Waals surface area contributed by atoms with Crippen LogP contribution >= 0.6 is 0 Å². The van der Waals surface area contributed by atoms with Crippen molar-refractivity contribution >= 4 is 39.9 Å². The van der Waals surface area contributed by atoms with Crippen LogP contribution in [0.4, 0.5) is 34.1 Å². The Kier molecular flexibility index (Phi) is 7.60. The van der Waals surface area contributed by atoms with Crippen LogP contribution in [0.2, 0.25) is 0 Å².